The first kappa shape index (κ1) is 43.3. The quantitative estimate of drug-likeness (QED) is 0.154. The van der Waals surface area contributed by atoms with Gasteiger partial charge in [-0.15, -0.1) is 0 Å². The molecule has 76 heavy (non-hydrogen) atoms. The van der Waals surface area contributed by atoms with Gasteiger partial charge in [0.05, 0.1) is 0 Å². The van der Waals surface area contributed by atoms with Crippen molar-refractivity contribution >= 4 is 75.4 Å². The number of rotatable bonds is 4. The Kier molecular flexibility index (Phi) is 8.96. The van der Waals surface area contributed by atoms with Gasteiger partial charge in [0, 0.05) is 10.8 Å². The Labute approximate surface area is 443 Å². The first-order valence-electron chi connectivity index (χ1n) is 27.0. The summed E-state index contributed by atoms with van der Waals surface area (Å²) in [6.07, 6.45) is 0. The smallest absolute Gasteiger partial charge is 0.0162 e. The van der Waals surface area contributed by atoms with E-state index in [4.69, 9.17) is 0 Å². The molecule has 0 radical (unpaired) electrons. The van der Waals surface area contributed by atoms with E-state index in [1.165, 1.54) is 164 Å². The summed E-state index contributed by atoms with van der Waals surface area (Å²) in [7, 11) is 0. The van der Waals surface area contributed by atoms with Crippen molar-refractivity contribution in [2.75, 3.05) is 0 Å². The lowest BCUT2D eigenvalue weighted by atomic mass is 9.72. The molecule has 0 amide bonds. The van der Waals surface area contributed by atoms with Crippen LogP contribution in [0.15, 0.2) is 243 Å². The van der Waals surface area contributed by atoms with Crippen molar-refractivity contribution in [1.29, 1.82) is 0 Å². The Bertz CT molecular complexity index is 4740. The first-order valence-corrected chi connectivity index (χ1v) is 27.0. The monoisotopic (exact) mass is 964 g/mol. The Morgan fingerprint density at radius 2 is 0.553 bits per heavy atom. The molecule has 0 N–H and O–H groups in total. The summed E-state index contributed by atoms with van der Waals surface area (Å²) in [6.45, 7) is 9.97. The summed E-state index contributed by atoms with van der Waals surface area (Å²) in [5.74, 6) is 0. The summed E-state index contributed by atoms with van der Waals surface area (Å²) >= 11 is 0. The maximum atomic E-state index is 2.60. The van der Waals surface area contributed by atoms with Gasteiger partial charge in [0.2, 0.25) is 0 Å². The van der Waals surface area contributed by atoms with Crippen LogP contribution >= 0.6 is 0 Å². The fourth-order valence-electron chi connectivity index (χ4n) is 14.7. The van der Waals surface area contributed by atoms with Crippen LogP contribution in [-0.4, -0.2) is 0 Å². The maximum absolute atomic E-state index is 2.60. The third-order valence-corrected chi connectivity index (χ3v) is 18.0. The number of hydrogen-bond acceptors (Lipinski definition) is 0. The van der Waals surface area contributed by atoms with Gasteiger partial charge in [-0.05, 0) is 177 Å². The van der Waals surface area contributed by atoms with E-state index in [0.29, 0.717) is 0 Å². The normalized spacial score (nSPS) is 14.0. The van der Waals surface area contributed by atoms with Crippen LogP contribution in [0.5, 0.6) is 0 Å². The van der Waals surface area contributed by atoms with Crippen LogP contribution in [0.4, 0.5) is 0 Å². The maximum Gasteiger partial charge on any atom is 0.0162 e. The molecule has 0 bridgehead atoms. The number of hydrogen-bond donors (Lipinski definition) is 0. The zero-order chi connectivity index (χ0) is 50.6. The van der Waals surface area contributed by atoms with E-state index in [1.807, 2.05) is 0 Å². The van der Waals surface area contributed by atoms with Crippen LogP contribution in [0.3, 0.4) is 0 Å². The van der Waals surface area contributed by atoms with Crippen LogP contribution in [0.2, 0.25) is 0 Å². The van der Waals surface area contributed by atoms with Gasteiger partial charge >= 0.3 is 0 Å². The summed E-state index contributed by atoms with van der Waals surface area (Å²) in [6, 6.07) is 91.8. The molecule has 0 heterocycles. The zero-order valence-electron chi connectivity index (χ0n) is 43.1. The summed E-state index contributed by atoms with van der Waals surface area (Å²) < 4.78 is 0. The second-order valence-corrected chi connectivity index (χ2v) is 22.5. The molecule has 0 heteroatoms. The van der Waals surface area contributed by atoms with E-state index in [0.717, 1.165) is 0 Å². The number of fused-ring (bicyclic) bond motifs is 15. The van der Waals surface area contributed by atoms with Crippen molar-refractivity contribution in [3.63, 3.8) is 0 Å². The second-order valence-electron chi connectivity index (χ2n) is 22.5. The summed E-state index contributed by atoms with van der Waals surface area (Å²) in [5.41, 5.74) is 20.9. The van der Waals surface area contributed by atoms with Crippen LogP contribution < -0.4 is 0 Å². The van der Waals surface area contributed by atoms with Gasteiger partial charge in [-0.1, -0.05) is 258 Å². The van der Waals surface area contributed by atoms with Gasteiger partial charge < -0.3 is 0 Å². The fourth-order valence-corrected chi connectivity index (χ4v) is 14.7. The van der Waals surface area contributed by atoms with E-state index in [9.17, 15) is 0 Å². The molecule has 0 fully saturated rings. The van der Waals surface area contributed by atoms with Gasteiger partial charge in [0.1, 0.15) is 0 Å². The predicted octanol–water partition coefficient (Wildman–Crippen LogP) is 21.0. The Morgan fingerprint density at radius 3 is 1.04 bits per heavy atom. The molecular weight excluding hydrogens is 913 g/mol. The molecule has 14 aromatic carbocycles. The highest BCUT2D eigenvalue weighted by molar-refractivity contribution is 6.27. The minimum atomic E-state index is -0.296. The lowest BCUT2D eigenvalue weighted by molar-refractivity contribution is 0.601. The predicted molar refractivity (Wildman–Crippen MR) is 326 cm³/mol. The molecule has 0 spiro atoms. The van der Waals surface area contributed by atoms with Gasteiger partial charge in [0.15, 0.2) is 0 Å². The average molecular weight is 965 g/mol. The average Bonchev–Trinajstić information content (AvgIpc) is 3.95. The Hall–Kier alpha value is -9.10. The SMILES string of the molecule is CC1(C)c2cc(-c3c4ccccc4c(-c4cccc5ccccc45)c4ccccc34)ccc2-c2ccc3c(c21)C(C)(C)c1cc(-c2c4ccccc4c(-c4cccc5ccccc45)c4ccccc24)c2ccccc2c1-3. The van der Waals surface area contributed by atoms with Crippen LogP contribution in [0.25, 0.3) is 142 Å². The molecule has 16 rings (SSSR count). The fraction of sp³-hybridized carbons (Fsp3) is 0.0789. The summed E-state index contributed by atoms with van der Waals surface area (Å²) in [5, 5.41) is 17.9. The van der Waals surface area contributed by atoms with Crippen molar-refractivity contribution in [3.8, 4) is 66.8 Å². The molecule has 0 atom stereocenters. The Morgan fingerprint density at radius 1 is 0.211 bits per heavy atom. The third-order valence-electron chi connectivity index (χ3n) is 18.0. The van der Waals surface area contributed by atoms with E-state index >= 15 is 0 Å². The molecule has 2 aliphatic carbocycles. The van der Waals surface area contributed by atoms with Crippen molar-refractivity contribution in [2.24, 2.45) is 0 Å². The van der Waals surface area contributed by atoms with E-state index in [-0.39, 0.29) is 10.8 Å². The van der Waals surface area contributed by atoms with Crippen LogP contribution in [0, 0.1) is 0 Å². The van der Waals surface area contributed by atoms with Crippen molar-refractivity contribution in [3.05, 3.63) is 265 Å². The molecule has 356 valence electrons. The molecule has 0 unspecified atom stereocenters. The molecule has 0 aromatic heterocycles. The summed E-state index contributed by atoms with van der Waals surface area (Å²) in [4.78, 5) is 0. The van der Waals surface area contributed by atoms with Gasteiger partial charge in [-0.25, -0.2) is 0 Å². The molecule has 2 aliphatic rings. The minimum Gasteiger partial charge on any atom is -0.0616 e. The zero-order valence-corrected chi connectivity index (χ0v) is 43.1. The highest BCUT2D eigenvalue weighted by atomic mass is 14.5. The van der Waals surface area contributed by atoms with Crippen molar-refractivity contribution < 1.29 is 0 Å². The molecule has 0 nitrogen and oxygen atoms in total. The van der Waals surface area contributed by atoms with E-state index in [2.05, 4.69) is 270 Å². The standard InChI is InChI=1S/C76H52/c1-75(2)66-43-47(68-55-29-11-13-31-57(55)69(58-32-14-12-30-56(58)68)52-37-19-23-45-21-5-7-25-48(45)52)39-40-51(66)63-41-42-64-72-54-28-10-9-27-50(54)65(44-67(72)76(3,4)74(64)73(63)75)71-61-35-17-15-33-59(61)70(60-34-16-18-36-62(60)71)53-38-20-24-46-22-6-8-26-49(46)53/h5-44H,1-4H3. The molecular formula is C76H52. The highest BCUT2D eigenvalue weighted by Crippen LogP contribution is 2.62. The lowest BCUT2D eigenvalue weighted by Gasteiger charge is -2.31. The largest absolute Gasteiger partial charge is 0.0616 e. The Balaban J connectivity index is 0.888. The molecule has 0 saturated carbocycles. The molecule has 0 aliphatic heterocycles. The molecule has 14 aromatic rings. The lowest BCUT2D eigenvalue weighted by Crippen LogP contribution is -2.24. The topological polar surface area (TPSA) is 0 Å². The van der Waals surface area contributed by atoms with Gasteiger partial charge in [0.25, 0.3) is 0 Å². The van der Waals surface area contributed by atoms with E-state index in [1.54, 1.807) is 0 Å². The van der Waals surface area contributed by atoms with E-state index < -0.39 is 0 Å². The number of benzene rings is 14. The van der Waals surface area contributed by atoms with Crippen molar-refractivity contribution in [1.82, 2.24) is 0 Å². The van der Waals surface area contributed by atoms with Crippen LogP contribution in [-0.2, 0) is 10.8 Å². The first-order chi connectivity index (χ1) is 37.3. The molecule has 0 saturated heterocycles. The third kappa shape index (κ3) is 5.79. The minimum absolute atomic E-state index is 0.275. The second kappa shape index (κ2) is 15.7. The highest BCUT2D eigenvalue weighted by Gasteiger charge is 2.47. The van der Waals surface area contributed by atoms with Gasteiger partial charge in [-0.3, -0.25) is 0 Å². The van der Waals surface area contributed by atoms with Crippen LogP contribution in [0.1, 0.15) is 49.9 Å². The van der Waals surface area contributed by atoms with Crippen molar-refractivity contribution in [2.45, 2.75) is 38.5 Å². The van der Waals surface area contributed by atoms with Gasteiger partial charge in [-0.2, -0.15) is 0 Å².